The van der Waals surface area contributed by atoms with Crippen molar-refractivity contribution in [2.45, 2.75) is 12.5 Å². The molecule has 0 bridgehead atoms. The van der Waals surface area contributed by atoms with E-state index in [1.54, 1.807) is 0 Å². The zero-order valence-corrected chi connectivity index (χ0v) is 8.23. The Kier molecular flexibility index (Phi) is 3.13. The Hall–Kier alpha value is -0.780. The molecule has 1 saturated heterocycles. The maximum Gasteiger partial charge on any atom is 0.442 e. The number of hydrogen-bond donors (Lipinski definition) is 0. The number of hydrogen-bond acceptors (Lipinski definition) is 5. The number of sulfone groups is 1. The van der Waals surface area contributed by atoms with Gasteiger partial charge in [0, 0.05) is 0 Å². The van der Waals surface area contributed by atoms with Gasteiger partial charge in [0.1, 0.15) is 6.10 Å². The summed E-state index contributed by atoms with van der Waals surface area (Å²) >= 11 is 4.18. The Labute approximate surface area is 80.7 Å². The third-order valence-electron chi connectivity index (χ3n) is 1.60. The SMILES string of the molecule is O=C(N=C=S)O[C@H]1CCS(=O)(=O)C1. The third-order valence-corrected chi connectivity index (χ3v) is 3.42. The van der Waals surface area contributed by atoms with Gasteiger partial charge in [0.05, 0.1) is 16.7 Å². The Bertz CT molecular complexity index is 355. The van der Waals surface area contributed by atoms with Gasteiger partial charge < -0.3 is 4.74 Å². The van der Waals surface area contributed by atoms with Gasteiger partial charge >= 0.3 is 6.09 Å². The van der Waals surface area contributed by atoms with E-state index >= 15 is 0 Å². The number of carbonyl (C=O) groups is 1. The number of rotatable bonds is 1. The minimum absolute atomic E-state index is 0.0618. The lowest BCUT2D eigenvalue weighted by molar-refractivity contribution is 0.120. The first kappa shape index (κ1) is 10.3. The van der Waals surface area contributed by atoms with E-state index in [0.717, 1.165) is 0 Å². The summed E-state index contributed by atoms with van der Waals surface area (Å²) in [5, 5.41) is 1.85. The van der Waals surface area contributed by atoms with E-state index in [2.05, 4.69) is 21.9 Å². The highest BCUT2D eigenvalue weighted by molar-refractivity contribution is 7.91. The quantitative estimate of drug-likeness (QED) is 0.473. The summed E-state index contributed by atoms with van der Waals surface area (Å²) in [6.07, 6.45) is -1.12. The van der Waals surface area contributed by atoms with E-state index in [9.17, 15) is 13.2 Å². The number of thiocarbonyl (C=S) groups is 1. The molecular weight excluding hydrogens is 214 g/mol. The summed E-state index contributed by atoms with van der Waals surface area (Å²) in [7, 11) is -3.02. The van der Waals surface area contributed by atoms with Gasteiger partial charge in [-0.2, -0.15) is 0 Å². The van der Waals surface area contributed by atoms with E-state index in [-0.39, 0.29) is 11.5 Å². The number of amides is 1. The third kappa shape index (κ3) is 3.22. The number of carbonyl (C=O) groups excluding carboxylic acids is 1. The second-order valence-corrected chi connectivity index (χ2v) is 5.02. The van der Waals surface area contributed by atoms with E-state index < -0.39 is 22.0 Å². The molecule has 1 aliphatic heterocycles. The first-order valence-electron chi connectivity index (χ1n) is 3.52. The van der Waals surface area contributed by atoms with Crippen molar-refractivity contribution in [1.29, 1.82) is 0 Å². The fourth-order valence-corrected chi connectivity index (χ4v) is 2.72. The molecule has 0 aliphatic carbocycles. The first-order chi connectivity index (χ1) is 6.03. The van der Waals surface area contributed by atoms with Gasteiger partial charge in [0.2, 0.25) is 0 Å². The molecule has 1 fully saturated rings. The van der Waals surface area contributed by atoms with Crippen LogP contribution in [0.2, 0.25) is 0 Å². The van der Waals surface area contributed by atoms with Crippen LogP contribution in [0.25, 0.3) is 0 Å². The minimum Gasteiger partial charge on any atom is -0.443 e. The predicted molar refractivity (Wildman–Crippen MR) is 48.6 cm³/mol. The predicted octanol–water partition coefficient (Wildman–Crippen LogP) is 0.413. The Morgan fingerprint density at radius 3 is 2.77 bits per heavy atom. The average Bonchev–Trinajstić information content (AvgIpc) is 2.30. The lowest BCUT2D eigenvalue weighted by Gasteiger charge is -2.05. The van der Waals surface area contributed by atoms with Crippen molar-refractivity contribution in [3.05, 3.63) is 0 Å². The smallest absolute Gasteiger partial charge is 0.442 e. The van der Waals surface area contributed by atoms with Gasteiger partial charge in [-0.05, 0) is 18.6 Å². The highest BCUT2D eigenvalue weighted by atomic mass is 32.2. The molecule has 1 heterocycles. The Balaban J connectivity index is 2.50. The van der Waals surface area contributed by atoms with Gasteiger partial charge in [-0.25, -0.2) is 13.2 Å². The first-order valence-corrected chi connectivity index (χ1v) is 5.75. The van der Waals surface area contributed by atoms with Gasteiger partial charge in [-0.3, -0.25) is 0 Å². The van der Waals surface area contributed by atoms with Crippen molar-refractivity contribution in [1.82, 2.24) is 0 Å². The molecule has 0 N–H and O–H groups in total. The van der Waals surface area contributed by atoms with Crippen molar-refractivity contribution in [3.8, 4) is 0 Å². The molecule has 1 rings (SSSR count). The molecule has 0 aromatic rings. The summed E-state index contributed by atoms with van der Waals surface area (Å²) in [6.45, 7) is 0. The molecule has 5 nitrogen and oxygen atoms in total. The van der Waals surface area contributed by atoms with Crippen LogP contribution < -0.4 is 0 Å². The van der Waals surface area contributed by atoms with Gasteiger partial charge in [-0.1, -0.05) is 0 Å². The highest BCUT2D eigenvalue weighted by Gasteiger charge is 2.30. The molecule has 1 atom stereocenters. The van der Waals surface area contributed by atoms with Gasteiger partial charge in [0.25, 0.3) is 0 Å². The van der Waals surface area contributed by atoms with E-state index in [1.807, 2.05) is 5.16 Å². The highest BCUT2D eigenvalue weighted by Crippen LogP contribution is 2.14. The van der Waals surface area contributed by atoms with E-state index in [0.29, 0.717) is 6.42 Å². The van der Waals surface area contributed by atoms with Crippen molar-refractivity contribution in [2.24, 2.45) is 4.99 Å². The monoisotopic (exact) mass is 221 g/mol. The standard InChI is InChI=1S/C6H7NO4S2/c8-6(7-4-12)11-5-1-2-13(9,10)3-5/h5H,1-3H2/t5-/m0/s1. The second-order valence-electron chi connectivity index (χ2n) is 2.61. The van der Waals surface area contributed by atoms with Crippen molar-refractivity contribution >= 4 is 33.3 Å². The summed E-state index contributed by atoms with van der Waals surface area (Å²) < 4.78 is 26.5. The van der Waals surface area contributed by atoms with E-state index in [1.165, 1.54) is 0 Å². The molecule has 1 amide bonds. The number of aliphatic imine (C=N–C) groups is 1. The van der Waals surface area contributed by atoms with Crippen LogP contribution in [0.5, 0.6) is 0 Å². The maximum atomic E-state index is 10.9. The molecule has 0 saturated carbocycles. The minimum atomic E-state index is -3.02. The van der Waals surface area contributed by atoms with Gasteiger partial charge in [0.15, 0.2) is 9.84 Å². The van der Waals surface area contributed by atoms with Crippen LogP contribution in [-0.4, -0.2) is 37.3 Å². The Morgan fingerprint density at radius 2 is 2.31 bits per heavy atom. The lowest BCUT2D eigenvalue weighted by Crippen LogP contribution is -2.17. The van der Waals surface area contributed by atoms with Crippen molar-refractivity contribution < 1.29 is 17.9 Å². The van der Waals surface area contributed by atoms with Crippen LogP contribution in [-0.2, 0) is 14.6 Å². The van der Waals surface area contributed by atoms with Crippen LogP contribution in [0.15, 0.2) is 4.99 Å². The van der Waals surface area contributed by atoms with Crippen LogP contribution in [0.3, 0.4) is 0 Å². The van der Waals surface area contributed by atoms with Gasteiger partial charge in [-0.15, -0.1) is 4.99 Å². The maximum absolute atomic E-state index is 10.9. The van der Waals surface area contributed by atoms with Crippen molar-refractivity contribution in [3.63, 3.8) is 0 Å². The molecule has 72 valence electrons. The normalized spacial score (nSPS) is 24.8. The van der Waals surface area contributed by atoms with E-state index in [4.69, 9.17) is 0 Å². The van der Waals surface area contributed by atoms with Crippen LogP contribution in [0.1, 0.15) is 6.42 Å². The van der Waals surface area contributed by atoms with Crippen LogP contribution >= 0.6 is 12.2 Å². The van der Waals surface area contributed by atoms with Crippen LogP contribution in [0, 0.1) is 0 Å². The Morgan fingerprint density at radius 1 is 1.62 bits per heavy atom. The molecule has 7 heteroatoms. The molecule has 1 aliphatic rings. The number of isothiocyanates is 1. The number of ether oxygens (including phenoxy) is 1. The molecular formula is C6H7NO4S2. The summed E-state index contributed by atoms with van der Waals surface area (Å²) in [5.74, 6) is -0.0576. The molecule has 13 heavy (non-hydrogen) atoms. The summed E-state index contributed by atoms with van der Waals surface area (Å²) in [5.41, 5.74) is 0. The fraction of sp³-hybridized carbons (Fsp3) is 0.667. The molecule has 0 aromatic carbocycles. The van der Waals surface area contributed by atoms with Crippen molar-refractivity contribution in [2.75, 3.05) is 11.5 Å². The lowest BCUT2D eigenvalue weighted by atomic mass is 10.3. The molecule has 0 unspecified atom stereocenters. The number of nitrogens with zero attached hydrogens (tertiary/aromatic N) is 1. The second kappa shape index (κ2) is 3.95. The zero-order chi connectivity index (χ0) is 9.90. The molecule has 0 spiro atoms. The molecule has 0 radical (unpaired) electrons. The fourth-order valence-electron chi connectivity index (χ4n) is 1.06. The largest absolute Gasteiger partial charge is 0.443 e. The zero-order valence-electron chi connectivity index (χ0n) is 6.60. The molecule has 0 aromatic heterocycles. The summed E-state index contributed by atoms with van der Waals surface area (Å²) in [4.78, 5) is 13.7. The average molecular weight is 221 g/mol. The van der Waals surface area contributed by atoms with Crippen LogP contribution in [0.4, 0.5) is 4.79 Å². The summed E-state index contributed by atoms with van der Waals surface area (Å²) in [6, 6.07) is 0. The topological polar surface area (TPSA) is 72.8 Å².